The lowest BCUT2D eigenvalue weighted by Crippen LogP contribution is -2.50. The van der Waals surface area contributed by atoms with Crippen LogP contribution in [0.15, 0.2) is 12.5 Å². The van der Waals surface area contributed by atoms with Crippen molar-refractivity contribution in [2.45, 2.75) is 63.6 Å². The number of rotatable bonds is 4. The zero-order chi connectivity index (χ0) is 16.2. The number of aromatic nitrogens is 2. The third-order valence-electron chi connectivity index (χ3n) is 6.21. The Kier molecular flexibility index (Phi) is 5.81. The van der Waals surface area contributed by atoms with Gasteiger partial charge < -0.3 is 4.57 Å². The van der Waals surface area contributed by atoms with Gasteiger partial charge in [-0.25, -0.2) is 4.98 Å². The molecule has 24 heavy (non-hydrogen) atoms. The molecule has 1 saturated carbocycles. The highest BCUT2D eigenvalue weighted by molar-refractivity contribution is 7.99. The summed E-state index contributed by atoms with van der Waals surface area (Å²) in [6, 6.07) is 1.57. The summed E-state index contributed by atoms with van der Waals surface area (Å²) < 4.78 is 2.49. The number of imidazole rings is 1. The molecule has 2 aliphatic heterocycles. The topological polar surface area (TPSA) is 24.3 Å². The fraction of sp³-hybridized carbons (Fsp3) is 0.842. The molecule has 0 unspecified atom stereocenters. The normalized spacial score (nSPS) is 26.0. The number of hydrogen-bond donors (Lipinski definition) is 0. The zero-order valence-corrected chi connectivity index (χ0v) is 15.7. The van der Waals surface area contributed by atoms with Crippen LogP contribution in [0.5, 0.6) is 0 Å². The minimum absolute atomic E-state index is 0.706. The van der Waals surface area contributed by atoms with Crippen molar-refractivity contribution in [2.75, 3.05) is 37.7 Å². The van der Waals surface area contributed by atoms with Crippen molar-refractivity contribution in [3.05, 3.63) is 18.2 Å². The molecule has 0 N–H and O–H groups in total. The van der Waals surface area contributed by atoms with Gasteiger partial charge in [0.15, 0.2) is 0 Å². The smallest absolute Gasteiger partial charge is 0.0951 e. The van der Waals surface area contributed by atoms with Gasteiger partial charge in [-0.2, -0.15) is 11.8 Å². The molecule has 1 aliphatic carbocycles. The van der Waals surface area contributed by atoms with Gasteiger partial charge in [0.1, 0.15) is 0 Å². The van der Waals surface area contributed by atoms with Crippen molar-refractivity contribution in [2.24, 2.45) is 0 Å². The van der Waals surface area contributed by atoms with Gasteiger partial charge in [-0.05, 0) is 37.2 Å². The number of hydrogen-bond acceptors (Lipinski definition) is 4. The summed E-state index contributed by atoms with van der Waals surface area (Å²) in [5.74, 6) is 2.73. The van der Waals surface area contributed by atoms with Crippen LogP contribution in [0.4, 0.5) is 0 Å². The molecule has 1 aromatic rings. The summed E-state index contributed by atoms with van der Waals surface area (Å²) in [6.07, 6.45) is 13.9. The van der Waals surface area contributed by atoms with E-state index in [4.69, 9.17) is 0 Å². The van der Waals surface area contributed by atoms with Gasteiger partial charge in [-0.15, -0.1) is 0 Å². The highest BCUT2D eigenvalue weighted by Gasteiger charge is 2.26. The van der Waals surface area contributed by atoms with E-state index in [1.807, 2.05) is 0 Å². The Balaban J connectivity index is 1.30. The fourth-order valence-electron chi connectivity index (χ4n) is 4.71. The molecule has 0 spiro atoms. The molecule has 5 heteroatoms. The molecule has 134 valence electrons. The first kappa shape index (κ1) is 16.9. The lowest BCUT2D eigenvalue weighted by Gasteiger charge is -2.40. The molecule has 0 aromatic carbocycles. The molecular weight excluding hydrogens is 316 g/mol. The van der Waals surface area contributed by atoms with Gasteiger partial charge in [0.2, 0.25) is 0 Å². The Bertz CT molecular complexity index is 497. The second kappa shape index (κ2) is 8.24. The van der Waals surface area contributed by atoms with Crippen LogP contribution < -0.4 is 0 Å². The quantitative estimate of drug-likeness (QED) is 0.832. The molecule has 0 amide bonds. The Hall–Kier alpha value is -0.520. The van der Waals surface area contributed by atoms with Gasteiger partial charge in [0, 0.05) is 51.0 Å². The molecule has 3 aliphatic rings. The lowest BCUT2D eigenvalue weighted by molar-refractivity contribution is 0.0861. The molecule has 1 aromatic heterocycles. The first-order valence-corrected chi connectivity index (χ1v) is 11.1. The Morgan fingerprint density at radius 3 is 2.42 bits per heavy atom. The van der Waals surface area contributed by atoms with Crippen LogP contribution in [-0.4, -0.2) is 63.1 Å². The molecule has 3 heterocycles. The molecule has 3 fully saturated rings. The van der Waals surface area contributed by atoms with E-state index in [-0.39, 0.29) is 0 Å². The molecule has 0 bridgehead atoms. The van der Waals surface area contributed by atoms with Crippen LogP contribution in [-0.2, 0) is 6.54 Å². The minimum atomic E-state index is 0.706. The first-order chi connectivity index (χ1) is 11.9. The third kappa shape index (κ3) is 4.00. The Labute approximate surface area is 151 Å². The van der Waals surface area contributed by atoms with E-state index in [1.165, 1.54) is 88.3 Å². The Morgan fingerprint density at radius 1 is 0.917 bits per heavy atom. The van der Waals surface area contributed by atoms with Crippen LogP contribution in [0.2, 0.25) is 0 Å². The summed E-state index contributed by atoms with van der Waals surface area (Å²) in [6.45, 7) is 6.05. The average Bonchev–Trinajstić information content (AvgIpc) is 3.12. The van der Waals surface area contributed by atoms with E-state index in [0.717, 1.165) is 12.6 Å². The van der Waals surface area contributed by atoms with Crippen LogP contribution in [0.3, 0.4) is 0 Å². The highest BCUT2D eigenvalue weighted by Crippen LogP contribution is 2.29. The van der Waals surface area contributed by atoms with E-state index in [0.29, 0.717) is 6.04 Å². The maximum absolute atomic E-state index is 4.47. The molecule has 0 radical (unpaired) electrons. The SMILES string of the molecule is c1ncn(C2CCCCC2)c1CN1CCN(C2CCSCC2)CC1. The third-order valence-corrected chi connectivity index (χ3v) is 7.26. The lowest BCUT2D eigenvalue weighted by atomic mass is 9.95. The van der Waals surface area contributed by atoms with Crippen molar-refractivity contribution in [1.82, 2.24) is 19.4 Å². The molecule has 4 rings (SSSR count). The van der Waals surface area contributed by atoms with Gasteiger partial charge in [-0.1, -0.05) is 19.3 Å². The monoisotopic (exact) mass is 348 g/mol. The van der Waals surface area contributed by atoms with Crippen LogP contribution in [0.25, 0.3) is 0 Å². The Morgan fingerprint density at radius 2 is 1.67 bits per heavy atom. The summed E-state index contributed by atoms with van der Waals surface area (Å²) in [7, 11) is 0. The second-order valence-corrected chi connectivity index (χ2v) is 8.96. The highest BCUT2D eigenvalue weighted by atomic mass is 32.2. The molecule has 0 atom stereocenters. The van der Waals surface area contributed by atoms with Gasteiger partial charge >= 0.3 is 0 Å². The van der Waals surface area contributed by atoms with Crippen molar-refractivity contribution in [1.29, 1.82) is 0 Å². The maximum atomic E-state index is 4.47. The van der Waals surface area contributed by atoms with E-state index in [9.17, 15) is 0 Å². The van der Waals surface area contributed by atoms with Crippen molar-refractivity contribution in [3.63, 3.8) is 0 Å². The molecule has 2 saturated heterocycles. The summed E-state index contributed by atoms with van der Waals surface area (Å²) in [5.41, 5.74) is 1.43. The van der Waals surface area contributed by atoms with Gasteiger partial charge in [-0.3, -0.25) is 9.80 Å². The van der Waals surface area contributed by atoms with Crippen LogP contribution in [0, 0.1) is 0 Å². The zero-order valence-electron chi connectivity index (χ0n) is 14.9. The van der Waals surface area contributed by atoms with Crippen molar-refractivity contribution >= 4 is 11.8 Å². The van der Waals surface area contributed by atoms with Gasteiger partial charge in [0.25, 0.3) is 0 Å². The second-order valence-electron chi connectivity index (χ2n) is 7.74. The summed E-state index contributed by atoms with van der Waals surface area (Å²) in [4.78, 5) is 9.88. The maximum Gasteiger partial charge on any atom is 0.0951 e. The fourth-order valence-corrected chi connectivity index (χ4v) is 5.79. The van der Waals surface area contributed by atoms with Crippen molar-refractivity contribution in [3.8, 4) is 0 Å². The minimum Gasteiger partial charge on any atom is -0.330 e. The predicted molar refractivity (Wildman–Crippen MR) is 102 cm³/mol. The van der Waals surface area contributed by atoms with Crippen LogP contribution in [0.1, 0.15) is 56.7 Å². The molecular formula is C19H32N4S. The standard InChI is InChI=1S/C19H32N4S/c1-2-4-18(5-3-1)23-16-20-14-19(23)15-21-8-10-22(11-9-21)17-6-12-24-13-7-17/h14,16-18H,1-13,15H2. The van der Waals surface area contributed by atoms with E-state index < -0.39 is 0 Å². The average molecular weight is 349 g/mol. The summed E-state index contributed by atoms with van der Waals surface area (Å²) >= 11 is 2.13. The van der Waals surface area contributed by atoms with E-state index in [2.05, 4.69) is 43.6 Å². The predicted octanol–water partition coefficient (Wildman–Crippen LogP) is 3.40. The van der Waals surface area contributed by atoms with Gasteiger partial charge in [0.05, 0.1) is 12.0 Å². The summed E-state index contributed by atoms with van der Waals surface area (Å²) in [5, 5.41) is 0. The van der Waals surface area contributed by atoms with E-state index >= 15 is 0 Å². The largest absolute Gasteiger partial charge is 0.330 e. The first-order valence-electron chi connectivity index (χ1n) is 9.95. The molecule has 4 nitrogen and oxygen atoms in total. The number of piperazine rings is 1. The van der Waals surface area contributed by atoms with Crippen LogP contribution >= 0.6 is 11.8 Å². The van der Waals surface area contributed by atoms with Crippen molar-refractivity contribution < 1.29 is 0 Å². The van der Waals surface area contributed by atoms with E-state index in [1.54, 1.807) is 0 Å². The number of nitrogens with zero attached hydrogens (tertiary/aromatic N) is 4. The number of thioether (sulfide) groups is 1.